The van der Waals surface area contributed by atoms with Crippen LogP contribution < -0.4 is 10.1 Å². The first-order chi connectivity index (χ1) is 19.4. The molecule has 198 valence electrons. The third-order valence-electron chi connectivity index (χ3n) is 6.52. The van der Waals surface area contributed by atoms with Crippen LogP contribution in [0.5, 0.6) is 5.75 Å². The minimum Gasteiger partial charge on any atom is -0.497 e. The summed E-state index contributed by atoms with van der Waals surface area (Å²) in [6.45, 7) is 3.88. The van der Waals surface area contributed by atoms with Crippen molar-refractivity contribution >= 4 is 23.2 Å². The fourth-order valence-electron chi connectivity index (χ4n) is 4.34. The van der Waals surface area contributed by atoms with Gasteiger partial charge in [0, 0.05) is 16.8 Å². The van der Waals surface area contributed by atoms with E-state index in [2.05, 4.69) is 10.4 Å². The molecule has 7 nitrogen and oxygen atoms in total. The van der Waals surface area contributed by atoms with Gasteiger partial charge < -0.3 is 10.1 Å². The zero-order chi connectivity index (χ0) is 28.2. The number of nitrogens with one attached hydrogen (secondary N) is 1. The number of aromatic nitrogens is 2. The molecule has 0 aliphatic heterocycles. The fraction of sp³-hybridized carbons (Fsp3) is 0.0909. The summed E-state index contributed by atoms with van der Waals surface area (Å²) in [5.41, 5.74) is 4.27. The van der Waals surface area contributed by atoms with Crippen LogP contribution in [0.3, 0.4) is 0 Å². The van der Waals surface area contributed by atoms with E-state index in [-0.39, 0.29) is 11.3 Å². The number of benzene rings is 4. The summed E-state index contributed by atoms with van der Waals surface area (Å²) in [5.74, 6) is -1.60. The maximum Gasteiger partial charge on any atom is 0.296 e. The first-order valence-corrected chi connectivity index (χ1v) is 12.7. The first-order valence-electron chi connectivity index (χ1n) is 12.7. The second-order valence-electron chi connectivity index (χ2n) is 9.39. The van der Waals surface area contributed by atoms with E-state index in [1.807, 2.05) is 80.6 Å². The van der Waals surface area contributed by atoms with Gasteiger partial charge in [-0.3, -0.25) is 14.4 Å². The van der Waals surface area contributed by atoms with Gasteiger partial charge in [0.05, 0.1) is 24.1 Å². The second-order valence-corrected chi connectivity index (χ2v) is 9.39. The fourth-order valence-corrected chi connectivity index (χ4v) is 4.34. The van der Waals surface area contributed by atoms with Crippen LogP contribution in [0.2, 0.25) is 0 Å². The lowest BCUT2D eigenvalue weighted by atomic mass is 9.96. The summed E-state index contributed by atoms with van der Waals surface area (Å²) in [6, 6.07) is 30.4. The highest BCUT2D eigenvalue weighted by Gasteiger charge is 2.33. The summed E-state index contributed by atoms with van der Waals surface area (Å²) in [6.07, 6.45) is 0. The molecule has 1 aromatic heterocycles. The van der Waals surface area contributed by atoms with Crippen molar-refractivity contribution in [2.24, 2.45) is 0 Å². The second kappa shape index (κ2) is 11.2. The SMILES string of the molecule is COc1ccc(NC(=O)C(=O)c2c(C(=O)c3ccc(C)cc3)nn(-c3ccccc3)c2-c2ccc(C)cc2)cc1. The number of amides is 1. The summed E-state index contributed by atoms with van der Waals surface area (Å²) < 4.78 is 6.73. The number of ether oxygens (including phenoxy) is 1. The van der Waals surface area contributed by atoms with Crippen molar-refractivity contribution in [1.82, 2.24) is 9.78 Å². The van der Waals surface area contributed by atoms with Gasteiger partial charge in [-0.1, -0.05) is 77.9 Å². The third-order valence-corrected chi connectivity index (χ3v) is 6.52. The molecular weight excluding hydrogens is 502 g/mol. The van der Waals surface area contributed by atoms with Gasteiger partial charge in [0.2, 0.25) is 5.78 Å². The zero-order valence-electron chi connectivity index (χ0n) is 22.3. The number of nitrogens with zero attached hydrogens (tertiary/aromatic N) is 2. The van der Waals surface area contributed by atoms with Gasteiger partial charge in [-0.15, -0.1) is 0 Å². The number of para-hydroxylation sites is 1. The number of methoxy groups -OCH3 is 1. The third kappa shape index (κ3) is 5.31. The number of hydrogen-bond acceptors (Lipinski definition) is 5. The Morgan fingerprint density at radius 3 is 1.95 bits per heavy atom. The molecule has 5 aromatic rings. The Morgan fingerprint density at radius 2 is 1.35 bits per heavy atom. The number of ketones is 2. The van der Waals surface area contributed by atoms with Gasteiger partial charge in [-0.05, 0) is 50.2 Å². The van der Waals surface area contributed by atoms with Crippen LogP contribution in [0.15, 0.2) is 103 Å². The Kier molecular flexibility index (Phi) is 7.37. The summed E-state index contributed by atoms with van der Waals surface area (Å²) in [5, 5.41) is 7.31. The highest BCUT2D eigenvalue weighted by molar-refractivity contribution is 6.48. The van der Waals surface area contributed by atoms with Gasteiger partial charge in [0.15, 0.2) is 0 Å². The van der Waals surface area contributed by atoms with Crippen molar-refractivity contribution < 1.29 is 19.1 Å². The van der Waals surface area contributed by atoms with E-state index < -0.39 is 17.5 Å². The average molecular weight is 530 g/mol. The van der Waals surface area contributed by atoms with Crippen molar-refractivity contribution in [2.45, 2.75) is 13.8 Å². The van der Waals surface area contributed by atoms with Crippen LogP contribution in [0.4, 0.5) is 5.69 Å². The molecule has 1 amide bonds. The van der Waals surface area contributed by atoms with Crippen molar-refractivity contribution in [3.8, 4) is 22.7 Å². The van der Waals surface area contributed by atoms with Crippen LogP contribution in [0.1, 0.15) is 37.5 Å². The van der Waals surface area contributed by atoms with Gasteiger partial charge >= 0.3 is 0 Å². The Morgan fingerprint density at radius 1 is 0.750 bits per heavy atom. The molecule has 7 heteroatoms. The molecule has 0 spiro atoms. The topological polar surface area (TPSA) is 90.3 Å². The number of rotatable bonds is 8. The van der Waals surface area contributed by atoms with Crippen molar-refractivity contribution in [3.05, 3.63) is 131 Å². The Balaban J connectivity index is 1.70. The largest absolute Gasteiger partial charge is 0.497 e. The molecule has 1 heterocycles. The van der Waals surface area contributed by atoms with Crippen LogP contribution in [-0.4, -0.2) is 34.4 Å². The van der Waals surface area contributed by atoms with E-state index in [0.29, 0.717) is 33.9 Å². The van der Waals surface area contributed by atoms with E-state index in [9.17, 15) is 14.4 Å². The number of anilines is 1. The van der Waals surface area contributed by atoms with E-state index in [1.54, 1.807) is 48.2 Å². The first kappa shape index (κ1) is 26.3. The lowest BCUT2D eigenvalue weighted by Gasteiger charge is -2.11. The minimum atomic E-state index is -0.885. The smallest absolute Gasteiger partial charge is 0.296 e. The highest BCUT2D eigenvalue weighted by Crippen LogP contribution is 2.32. The molecular formula is C33H27N3O4. The quantitative estimate of drug-likeness (QED) is 0.190. The van der Waals surface area contributed by atoms with E-state index in [0.717, 1.165) is 11.1 Å². The highest BCUT2D eigenvalue weighted by atomic mass is 16.5. The molecule has 0 saturated carbocycles. The number of carbonyl (C=O) groups is 3. The molecule has 0 bridgehead atoms. The number of carbonyl (C=O) groups excluding carboxylic acids is 3. The van der Waals surface area contributed by atoms with E-state index in [4.69, 9.17) is 4.74 Å². The molecule has 5 rings (SSSR count). The molecule has 1 N–H and O–H groups in total. The zero-order valence-corrected chi connectivity index (χ0v) is 22.3. The molecule has 0 fully saturated rings. The molecule has 40 heavy (non-hydrogen) atoms. The molecule has 0 aliphatic carbocycles. The molecule has 0 atom stereocenters. The summed E-state index contributed by atoms with van der Waals surface area (Å²) in [4.78, 5) is 41.2. The Labute approximate surface area is 232 Å². The van der Waals surface area contributed by atoms with Crippen molar-refractivity contribution in [1.29, 1.82) is 0 Å². The van der Waals surface area contributed by atoms with Crippen molar-refractivity contribution in [3.63, 3.8) is 0 Å². The van der Waals surface area contributed by atoms with Crippen molar-refractivity contribution in [2.75, 3.05) is 12.4 Å². The lowest BCUT2D eigenvalue weighted by Crippen LogP contribution is -2.25. The van der Waals surface area contributed by atoms with Crippen LogP contribution in [0, 0.1) is 13.8 Å². The molecule has 0 saturated heterocycles. The normalized spacial score (nSPS) is 10.7. The monoisotopic (exact) mass is 529 g/mol. The molecule has 0 aliphatic rings. The van der Waals surface area contributed by atoms with Crippen LogP contribution in [0.25, 0.3) is 16.9 Å². The number of hydrogen-bond donors (Lipinski definition) is 1. The van der Waals surface area contributed by atoms with Crippen LogP contribution >= 0.6 is 0 Å². The standard InChI is InChI=1S/C33H27N3O4/c1-21-9-13-23(14-10-21)30-28(32(38)33(39)34-25-17-19-27(40-3)20-18-25)29(31(37)24-15-11-22(2)12-16-24)35-36(30)26-7-5-4-6-8-26/h4-20H,1-3H3,(H,34,39). The lowest BCUT2D eigenvalue weighted by molar-refractivity contribution is -0.112. The summed E-state index contributed by atoms with van der Waals surface area (Å²) in [7, 11) is 1.54. The predicted octanol–water partition coefficient (Wildman–Crippen LogP) is 6.22. The maximum absolute atomic E-state index is 13.9. The van der Waals surface area contributed by atoms with Gasteiger partial charge in [0.1, 0.15) is 11.4 Å². The van der Waals surface area contributed by atoms with E-state index >= 15 is 0 Å². The molecule has 0 unspecified atom stereocenters. The Bertz CT molecular complexity index is 1690. The molecule has 0 radical (unpaired) electrons. The van der Waals surface area contributed by atoms with Crippen LogP contribution in [-0.2, 0) is 4.79 Å². The van der Waals surface area contributed by atoms with Gasteiger partial charge in [0.25, 0.3) is 11.7 Å². The number of Topliss-reactive ketones (excluding diaryl/α,β-unsaturated/α-hetero) is 1. The Hall–Kier alpha value is -5.30. The minimum absolute atomic E-state index is 0.0655. The average Bonchev–Trinajstić information content (AvgIpc) is 3.38. The van der Waals surface area contributed by atoms with Gasteiger partial charge in [-0.25, -0.2) is 4.68 Å². The van der Waals surface area contributed by atoms with Gasteiger partial charge in [-0.2, -0.15) is 5.10 Å². The van der Waals surface area contributed by atoms with E-state index in [1.165, 1.54) is 0 Å². The molecule has 4 aromatic carbocycles. The predicted molar refractivity (Wildman–Crippen MR) is 154 cm³/mol. The maximum atomic E-state index is 13.9. The summed E-state index contributed by atoms with van der Waals surface area (Å²) >= 11 is 0. The number of aryl methyl sites for hydroxylation is 2.